The molecule has 1 aliphatic heterocycles. The number of benzene rings is 2. The Labute approximate surface area is 186 Å². The Hall–Kier alpha value is -3.73. The molecule has 32 heavy (non-hydrogen) atoms. The van der Waals surface area contributed by atoms with Crippen molar-refractivity contribution in [3.63, 3.8) is 0 Å². The van der Waals surface area contributed by atoms with Crippen LogP contribution in [-0.4, -0.2) is 10.9 Å². The summed E-state index contributed by atoms with van der Waals surface area (Å²) in [7, 11) is 0. The zero-order chi connectivity index (χ0) is 22.6. The number of rotatable bonds is 3. The van der Waals surface area contributed by atoms with E-state index in [2.05, 4.69) is 11.9 Å². The van der Waals surface area contributed by atoms with Gasteiger partial charge in [0.15, 0.2) is 5.43 Å². The lowest BCUT2D eigenvalue weighted by Crippen LogP contribution is -2.30. The number of nitrogens with zero attached hydrogens (tertiary/aromatic N) is 2. The van der Waals surface area contributed by atoms with Gasteiger partial charge in [0.25, 0.3) is 5.91 Å². The van der Waals surface area contributed by atoms with Crippen LogP contribution in [0.5, 0.6) is 0 Å². The first kappa shape index (κ1) is 20.2. The van der Waals surface area contributed by atoms with Crippen molar-refractivity contribution in [3.05, 3.63) is 104 Å². The van der Waals surface area contributed by atoms with Gasteiger partial charge in [-0.05, 0) is 73.2 Å². The Morgan fingerprint density at radius 2 is 1.69 bits per heavy atom. The molecule has 4 aromatic rings. The Kier molecular flexibility index (Phi) is 4.70. The van der Waals surface area contributed by atoms with Gasteiger partial charge in [-0.1, -0.05) is 37.3 Å². The van der Waals surface area contributed by atoms with Crippen molar-refractivity contribution in [2.24, 2.45) is 0 Å². The van der Waals surface area contributed by atoms with E-state index in [-0.39, 0.29) is 17.1 Å². The van der Waals surface area contributed by atoms with Crippen LogP contribution in [0.25, 0.3) is 11.0 Å². The molecular formula is C27H24N2O3. The van der Waals surface area contributed by atoms with E-state index in [9.17, 15) is 9.59 Å². The summed E-state index contributed by atoms with van der Waals surface area (Å²) < 4.78 is 6.09. The summed E-state index contributed by atoms with van der Waals surface area (Å²) in [6.45, 7) is 7.97. The smallest absolute Gasteiger partial charge is 0.296 e. The molecule has 0 unspecified atom stereocenters. The fourth-order valence-electron chi connectivity index (χ4n) is 4.32. The maximum absolute atomic E-state index is 13.7. The molecule has 0 saturated heterocycles. The molecule has 0 fully saturated rings. The molecule has 1 amide bonds. The monoisotopic (exact) mass is 424 g/mol. The van der Waals surface area contributed by atoms with Crippen LogP contribution in [0.1, 0.15) is 56.9 Å². The van der Waals surface area contributed by atoms with Crippen molar-refractivity contribution in [1.82, 2.24) is 4.98 Å². The number of aryl methyl sites for hydroxylation is 4. The summed E-state index contributed by atoms with van der Waals surface area (Å²) in [6, 6.07) is 14.8. The minimum atomic E-state index is -0.596. The van der Waals surface area contributed by atoms with E-state index in [0.717, 1.165) is 28.7 Å². The van der Waals surface area contributed by atoms with E-state index >= 15 is 0 Å². The SMILES string of the molecule is CCc1ccc([C@H]2c3c(oc4cc(C)c(C)cc4c3=O)C(=O)N2c2ccc(C)cn2)cc1. The zero-order valence-electron chi connectivity index (χ0n) is 18.6. The third-order valence-corrected chi connectivity index (χ3v) is 6.33. The summed E-state index contributed by atoms with van der Waals surface area (Å²) in [5.41, 5.74) is 5.69. The maximum atomic E-state index is 13.7. The Morgan fingerprint density at radius 1 is 0.969 bits per heavy atom. The van der Waals surface area contributed by atoms with E-state index < -0.39 is 6.04 Å². The molecule has 1 aliphatic rings. The number of pyridine rings is 1. The first-order valence-electron chi connectivity index (χ1n) is 10.8. The van der Waals surface area contributed by atoms with Gasteiger partial charge in [-0.15, -0.1) is 0 Å². The normalized spacial score (nSPS) is 15.4. The Bertz CT molecular complexity index is 1420. The van der Waals surface area contributed by atoms with Crippen LogP contribution in [-0.2, 0) is 6.42 Å². The highest BCUT2D eigenvalue weighted by atomic mass is 16.3. The molecule has 0 radical (unpaired) electrons. The average molecular weight is 425 g/mol. The molecular weight excluding hydrogens is 400 g/mol. The molecule has 2 aromatic heterocycles. The molecule has 0 bridgehead atoms. The van der Waals surface area contributed by atoms with Crippen LogP contribution in [0.4, 0.5) is 5.82 Å². The highest BCUT2D eigenvalue weighted by Gasteiger charge is 2.44. The number of carbonyl (C=O) groups excluding carboxylic acids is 1. The largest absolute Gasteiger partial charge is 0.450 e. The van der Waals surface area contributed by atoms with E-state index in [1.54, 1.807) is 11.1 Å². The molecule has 5 nitrogen and oxygen atoms in total. The molecule has 0 saturated carbocycles. The molecule has 0 N–H and O–H groups in total. The average Bonchev–Trinajstić information content (AvgIpc) is 3.08. The third kappa shape index (κ3) is 3.04. The first-order chi connectivity index (χ1) is 15.4. The van der Waals surface area contributed by atoms with Crippen LogP contribution < -0.4 is 10.3 Å². The molecule has 5 rings (SSSR count). The van der Waals surface area contributed by atoms with Gasteiger partial charge in [0, 0.05) is 6.20 Å². The first-order valence-corrected chi connectivity index (χ1v) is 10.8. The fraction of sp³-hybridized carbons (Fsp3) is 0.222. The summed E-state index contributed by atoms with van der Waals surface area (Å²) in [5, 5.41) is 0.494. The zero-order valence-corrected chi connectivity index (χ0v) is 18.6. The second-order valence-corrected chi connectivity index (χ2v) is 8.47. The van der Waals surface area contributed by atoms with Crippen molar-refractivity contribution in [3.8, 4) is 0 Å². The molecule has 2 aromatic carbocycles. The number of hydrogen-bond donors (Lipinski definition) is 0. The Balaban J connectivity index is 1.80. The van der Waals surface area contributed by atoms with Crippen molar-refractivity contribution < 1.29 is 9.21 Å². The highest BCUT2D eigenvalue weighted by molar-refractivity contribution is 6.10. The van der Waals surface area contributed by atoms with E-state index in [1.165, 1.54) is 5.56 Å². The quantitative estimate of drug-likeness (QED) is 0.440. The lowest BCUT2D eigenvalue weighted by molar-refractivity contribution is 0.0970. The minimum Gasteiger partial charge on any atom is -0.450 e. The van der Waals surface area contributed by atoms with Gasteiger partial charge >= 0.3 is 0 Å². The van der Waals surface area contributed by atoms with Crippen LogP contribution in [0.15, 0.2) is 63.9 Å². The van der Waals surface area contributed by atoms with E-state index in [1.807, 2.05) is 69.3 Å². The predicted molar refractivity (Wildman–Crippen MR) is 125 cm³/mol. The van der Waals surface area contributed by atoms with Gasteiger partial charge in [0.05, 0.1) is 17.0 Å². The van der Waals surface area contributed by atoms with Crippen LogP contribution >= 0.6 is 0 Å². The molecule has 5 heteroatoms. The highest BCUT2D eigenvalue weighted by Crippen LogP contribution is 2.40. The molecule has 3 heterocycles. The van der Waals surface area contributed by atoms with E-state index in [0.29, 0.717) is 22.4 Å². The second-order valence-electron chi connectivity index (χ2n) is 8.47. The number of carbonyl (C=O) groups is 1. The molecule has 160 valence electrons. The molecule has 1 atom stereocenters. The third-order valence-electron chi connectivity index (χ3n) is 6.33. The number of amides is 1. The van der Waals surface area contributed by atoms with E-state index in [4.69, 9.17) is 4.42 Å². The topological polar surface area (TPSA) is 63.4 Å². The van der Waals surface area contributed by atoms with Gasteiger partial charge in [-0.2, -0.15) is 0 Å². The standard InChI is InChI=1S/C27H24N2O3/c1-5-18-7-9-19(10-8-18)24-23-25(30)20-12-16(3)17(4)13-21(20)32-26(23)27(31)29(24)22-11-6-15(2)14-28-22/h6-14,24H,5H2,1-4H3/t24-/m0/s1. The van der Waals surface area contributed by atoms with Gasteiger partial charge < -0.3 is 4.42 Å². The lowest BCUT2D eigenvalue weighted by atomic mass is 9.96. The van der Waals surface area contributed by atoms with Crippen molar-refractivity contribution in [1.29, 1.82) is 0 Å². The van der Waals surface area contributed by atoms with Crippen LogP contribution in [0, 0.1) is 20.8 Å². The van der Waals surface area contributed by atoms with Gasteiger partial charge in [-0.25, -0.2) is 4.98 Å². The summed E-state index contributed by atoms with van der Waals surface area (Å²) in [6.07, 6.45) is 2.64. The number of aromatic nitrogens is 1. The minimum absolute atomic E-state index is 0.0951. The second kappa shape index (κ2) is 7.45. The van der Waals surface area contributed by atoms with Gasteiger partial charge in [-0.3, -0.25) is 14.5 Å². The maximum Gasteiger partial charge on any atom is 0.296 e. The summed E-state index contributed by atoms with van der Waals surface area (Å²) in [4.78, 5) is 33.4. The predicted octanol–water partition coefficient (Wildman–Crippen LogP) is 5.43. The number of fused-ring (bicyclic) bond motifs is 2. The summed E-state index contributed by atoms with van der Waals surface area (Å²) in [5.74, 6) is 0.239. The van der Waals surface area contributed by atoms with Gasteiger partial charge in [0.1, 0.15) is 11.4 Å². The van der Waals surface area contributed by atoms with Gasteiger partial charge in [0.2, 0.25) is 5.76 Å². The van der Waals surface area contributed by atoms with Crippen LogP contribution in [0.2, 0.25) is 0 Å². The lowest BCUT2D eigenvalue weighted by Gasteiger charge is -2.24. The van der Waals surface area contributed by atoms with Crippen molar-refractivity contribution >= 4 is 22.7 Å². The summed E-state index contributed by atoms with van der Waals surface area (Å²) >= 11 is 0. The Morgan fingerprint density at radius 3 is 2.34 bits per heavy atom. The fourth-order valence-corrected chi connectivity index (χ4v) is 4.32. The van der Waals surface area contributed by atoms with Crippen molar-refractivity contribution in [2.75, 3.05) is 4.90 Å². The molecule has 0 aliphatic carbocycles. The number of anilines is 1. The molecule has 0 spiro atoms. The number of hydrogen-bond acceptors (Lipinski definition) is 4. The van der Waals surface area contributed by atoms with Crippen LogP contribution in [0.3, 0.4) is 0 Å². The van der Waals surface area contributed by atoms with Crippen molar-refractivity contribution in [2.45, 2.75) is 40.2 Å².